The molecule has 1 unspecified atom stereocenters. The third-order valence-corrected chi connectivity index (χ3v) is 3.25. The quantitative estimate of drug-likeness (QED) is 0.817. The van der Waals surface area contributed by atoms with Crippen LogP contribution in [0.4, 0.5) is 0 Å². The lowest BCUT2D eigenvalue weighted by Crippen LogP contribution is -2.29. The molecule has 0 amide bonds. The SMILES string of the molecule is N#Cc1cccn(CC2Cc3ccccc3O2)c1=O. The van der Waals surface area contributed by atoms with E-state index >= 15 is 0 Å². The summed E-state index contributed by atoms with van der Waals surface area (Å²) in [6.45, 7) is 0.461. The molecule has 0 saturated heterocycles. The number of nitriles is 1. The second-order valence-corrected chi connectivity index (χ2v) is 4.54. The van der Waals surface area contributed by atoms with Crippen LogP contribution in [0.2, 0.25) is 0 Å². The molecule has 4 nitrogen and oxygen atoms in total. The van der Waals surface area contributed by atoms with E-state index in [-0.39, 0.29) is 17.2 Å². The Morgan fingerprint density at radius 2 is 2.16 bits per heavy atom. The fourth-order valence-corrected chi connectivity index (χ4v) is 2.34. The van der Waals surface area contributed by atoms with E-state index in [1.165, 1.54) is 10.6 Å². The second-order valence-electron chi connectivity index (χ2n) is 4.54. The molecule has 1 atom stereocenters. The summed E-state index contributed by atoms with van der Waals surface area (Å²) in [4.78, 5) is 11.9. The Kier molecular flexibility index (Phi) is 2.81. The zero-order chi connectivity index (χ0) is 13.2. The number of fused-ring (bicyclic) bond motifs is 1. The van der Waals surface area contributed by atoms with Crippen LogP contribution in [0.1, 0.15) is 11.1 Å². The summed E-state index contributed by atoms with van der Waals surface area (Å²) in [5.41, 5.74) is 1.07. The largest absolute Gasteiger partial charge is 0.488 e. The minimum absolute atomic E-state index is 0.0518. The summed E-state index contributed by atoms with van der Waals surface area (Å²) in [6, 6.07) is 13.0. The number of para-hydroxylation sites is 1. The lowest BCUT2D eigenvalue weighted by atomic mass is 10.1. The first-order valence-electron chi connectivity index (χ1n) is 6.12. The Balaban J connectivity index is 1.82. The molecule has 4 heteroatoms. The van der Waals surface area contributed by atoms with E-state index < -0.39 is 0 Å². The molecule has 3 rings (SSSR count). The van der Waals surface area contributed by atoms with Gasteiger partial charge in [-0.25, -0.2) is 0 Å². The highest BCUT2D eigenvalue weighted by Crippen LogP contribution is 2.28. The van der Waals surface area contributed by atoms with E-state index in [1.54, 1.807) is 12.3 Å². The van der Waals surface area contributed by atoms with Crippen LogP contribution in [0.15, 0.2) is 47.4 Å². The maximum absolute atomic E-state index is 11.9. The second kappa shape index (κ2) is 4.62. The zero-order valence-corrected chi connectivity index (χ0v) is 10.2. The smallest absolute Gasteiger partial charge is 0.268 e. The van der Waals surface area contributed by atoms with Gasteiger partial charge in [-0.15, -0.1) is 0 Å². The number of hydrogen-bond donors (Lipinski definition) is 0. The van der Waals surface area contributed by atoms with E-state index in [4.69, 9.17) is 10.00 Å². The van der Waals surface area contributed by atoms with Crippen LogP contribution in [0.3, 0.4) is 0 Å². The first kappa shape index (κ1) is 11.5. The van der Waals surface area contributed by atoms with Gasteiger partial charge in [0.05, 0.1) is 6.54 Å². The van der Waals surface area contributed by atoms with Crippen molar-refractivity contribution in [1.82, 2.24) is 4.57 Å². The van der Waals surface area contributed by atoms with E-state index in [0.29, 0.717) is 6.54 Å². The number of ether oxygens (including phenoxy) is 1. The van der Waals surface area contributed by atoms with Crippen LogP contribution in [0, 0.1) is 11.3 Å². The van der Waals surface area contributed by atoms with E-state index in [9.17, 15) is 4.79 Å². The number of nitrogens with zero attached hydrogens (tertiary/aromatic N) is 2. The Labute approximate surface area is 110 Å². The first-order valence-corrected chi connectivity index (χ1v) is 6.12. The summed E-state index contributed by atoms with van der Waals surface area (Å²) < 4.78 is 7.33. The van der Waals surface area contributed by atoms with Gasteiger partial charge in [-0.2, -0.15) is 5.26 Å². The number of rotatable bonds is 2. The van der Waals surface area contributed by atoms with Crippen molar-refractivity contribution in [2.45, 2.75) is 19.1 Å². The van der Waals surface area contributed by atoms with Crippen molar-refractivity contribution in [3.8, 4) is 11.8 Å². The maximum Gasteiger partial charge on any atom is 0.268 e. The molecule has 2 heterocycles. The van der Waals surface area contributed by atoms with Crippen molar-refractivity contribution >= 4 is 0 Å². The minimum Gasteiger partial charge on any atom is -0.488 e. The van der Waals surface area contributed by atoms with Crippen LogP contribution in [-0.2, 0) is 13.0 Å². The molecule has 1 aliphatic rings. The number of aromatic nitrogens is 1. The third kappa shape index (κ3) is 2.11. The average Bonchev–Trinajstić information content (AvgIpc) is 2.83. The summed E-state index contributed by atoms with van der Waals surface area (Å²) in [5.74, 6) is 0.886. The van der Waals surface area contributed by atoms with Gasteiger partial charge in [0, 0.05) is 12.6 Å². The first-order chi connectivity index (χ1) is 9.28. The summed E-state index contributed by atoms with van der Waals surface area (Å²) >= 11 is 0. The molecule has 1 aromatic heterocycles. The molecule has 0 aliphatic carbocycles. The van der Waals surface area contributed by atoms with Crippen LogP contribution < -0.4 is 10.3 Å². The van der Waals surface area contributed by atoms with Gasteiger partial charge >= 0.3 is 0 Å². The molecular formula is C15H12N2O2. The van der Waals surface area contributed by atoms with Crippen molar-refractivity contribution in [3.63, 3.8) is 0 Å². The predicted octanol–water partition coefficient (Wildman–Crippen LogP) is 1.72. The van der Waals surface area contributed by atoms with Crippen molar-refractivity contribution in [2.24, 2.45) is 0 Å². The molecule has 1 aliphatic heterocycles. The van der Waals surface area contributed by atoms with Gasteiger partial charge in [0.2, 0.25) is 0 Å². The lowest BCUT2D eigenvalue weighted by Gasteiger charge is -2.12. The minimum atomic E-state index is -0.260. The van der Waals surface area contributed by atoms with Gasteiger partial charge < -0.3 is 9.30 Å². The van der Waals surface area contributed by atoms with Crippen molar-refractivity contribution in [2.75, 3.05) is 0 Å². The van der Waals surface area contributed by atoms with E-state index in [2.05, 4.69) is 0 Å². The fourth-order valence-electron chi connectivity index (χ4n) is 2.34. The normalized spacial score (nSPS) is 16.5. The van der Waals surface area contributed by atoms with Gasteiger partial charge in [0.15, 0.2) is 0 Å². The van der Waals surface area contributed by atoms with Crippen molar-refractivity contribution in [1.29, 1.82) is 5.26 Å². The third-order valence-electron chi connectivity index (χ3n) is 3.25. The summed E-state index contributed by atoms with van der Waals surface area (Å²) in [6.07, 6.45) is 2.43. The lowest BCUT2D eigenvalue weighted by molar-refractivity contribution is 0.207. The van der Waals surface area contributed by atoms with Gasteiger partial charge in [-0.05, 0) is 23.8 Å². The highest BCUT2D eigenvalue weighted by molar-refractivity contribution is 5.37. The topological polar surface area (TPSA) is 55.0 Å². The Bertz CT molecular complexity index is 688. The monoisotopic (exact) mass is 252 g/mol. The number of benzene rings is 1. The molecule has 2 aromatic rings. The average molecular weight is 252 g/mol. The highest BCUT2D eigenvalue weighted by atomic mass is 16.5. The molecule has 19 heavy (non-hydrogen) atoms. The zero-order valence-electron chi connectivity index (χ0n) is 10.2. The van der Waals surface area contributed by atoms with Crippen molar-refractivity contribution < 1.29 is 4.74 Å². The maximum atomic E-state index is 11.9. The Morgan fingerprint density at radius 1 is 1.32 bits per heavy atom. The fraction of sp³-hybridized carbons (Fsp3) is 0.200. The van der Waals surface area contributed by atoms with Crippen LogP contribution in [0.25, 0.3) is 0 Å². The molecule has 0 spiro atoms. The Hall–Kier alpha value is -2.54. The number of hydrogen-bond acceptors (Lipinski definition) is 3. The number of pyridine rings is 1. The van der Waals surface area contributed by atoms with Gasteiger partial charge in [-0.1, -0.05) is 18.2 Å². The van der Waals surface area contributed by atoms with E-state index in [0.717, 1.165) is 17.7 Å². The van der Waals surface area contributed by atoms with Crippen LogP contribution >= 0.6 is 0 Å². The molecular weight excluding hydrogens is 240 g/mol. The molecule has 0 radical (unpaired) electrons. The molecule has 1 aromatic carbocycles. The summed E-state index contributed by atoms with van der Waals surface area (Å²) in [5, 5.41) is 8.85. The standard InChI is InChI=1S/C15H12N2O2/c16-9-12-5-3-7-17(15(12)18)10-13-8-11-4-1-2-6-14(11)19-13/h1-7,13H,8,10H2. The highest BCUT2D eigenvalue weighted by Gasteiger charge is 2.22. The molecule has 0 fully saturated rings. The Morgan fingerprint density at radius 3 is 2.95 bits per heavy atom. The molecule has 0 saturated carbocycles. The van der Waals surface area contributed by atoms with Crippen molar-refractivity contribution in [3.05, 3.63) is 64.1 Å². The van der Waals surface area contributed by atoms with Gasteiger partial charge in [0.25, 0.3) is 5.56 Å². The van der Waals surface area contributed by atoms with Gasteiger partial charge in [0.1, 0.15) is 23.5 Å². The van der Waals surface area contributed by atoms with Gasteiger partial charge in [-0.3, -0.25) is 4.79 Å². The summed E-state index contributed by atoms with van der Waals surface area (Å²) in [7, 11) is 0. The van der Waals surface area contributed by atoms with E-state index in [1.807, 2.05) is 30.3 Å². The molecule has 94 valence electrons. The molecule has 0 bridgehead atoms. The predicted molar refractivity (Wildman–Crippen MR) is 70.0 cm³/mol. The van der Waals surface area contributed by atoms with Crippen LogP contribution in [0.5, 0.6) is 5.75 Å². The van der Waals surface area contributed by atoms with Crippen LogP contribution in [-0.4, -0.2) is 10.7 Å². The molecule has 0 N–H and O–H groups in total.